The van der Waals surface area contributed by atoms with Crippen LogP contribution in [-0.4, -0.2) is 40.4 Å². The van der Waals surface area contributed by atoms with E-state index in [9.17, 15) is 32.9 Å². The summed E-state index contributed by atoms with van der Waals surface area (Å²) in [4.78, 5) is 41.5. The maximum Gasteiger partial charge on any atom is 0.416 e. The number of hydrogen-bond acceptors (Lipinski definition) is 8. The number of rotatable bonds is 9. The summed E-state index contributed by atoms with van der Waals surface area (Å²) >= 11 is 0. The molecule has 1 aromatic heterocycles. The number of para-hydroxylation sites is 2. The van der Waals surface area contributed by atoms with Crippen LogP contribution < -0.4 is 20.3 Å². The number of benzene rings is 4. The average Bonchev–Trinajstić information content (AvgIpc) is 3.03. The quantitative estimate of drug-likeness (QED) is 0.124. The Hall–Kier alpha value is -6.05. The van der Waals surface area contributed by atoms with Crippen molar-refractivity contribution in [2.45, 2.75) is 6.18 Å². The Balaban J connectivity index is 1.53. The van der Waals surface area contributed by atoms with Crippen LogP contribution >= 0.6 is 0 Å². The number of halogens is 3. The van der Waals surface area contributed by atoms with Gasteiger partial charge in [0.2, 0.25) is 5.75 Å². The first-order valence-corrected chi connectivity index (χ1v) is 13.1. The Morgan fingerprint density at radius 3 is 2.49 bits per heavy atom. The second-order valence-electron chi connectivity index (χ2n) is 9.42. The van der Waals surface area contributed by atoms with Crippen molar-refractivity contribution in [2.24, 2.45) is 5.10 Å². The van der Waals surface area contributed by atoms with Crippen molar-refractivity contribution in [3.8, 4) is 22.9 Å². The van der Waals surface area contributed by atoms with E-state index in [4.69, 9.17) is 9.47 Å². The van der Waals surface area contributed by atoms with Crippen molar-refractivity contribution in [1.29, 1.82) is 0 Å². The monoisotopic (exact) mass is 617 g/mol. The molecule has 228 valence electrons. The third-order valence-corrected chi connectivity index (χ3v) is 6.40. The van der Waals surface area contributed by atoms with Crippen LogP contribution in [0, 0.1) is 10.1 Å². The Morgan fingerprint density at radius 1 is 1.04 bits per heavy atom. The molecule has 5 aromatic rings. The molecule has 1 amide bonds. The van der Waals surface area contributed by atoms with Crippen LogP contribution in [0.5, 0.6) is 11.5 Å². The lowest BCUT2D eigenvalue weighted by atomic mass is 10.1. The Morgan fingerprint density at radius 2 is 1.78 bits per heavy atom. The average molecular weight is 618 g/mol. The van der Waals surface area contributed by atoms with E-state index < -0.39 is 40.4 Å². The number of ether oxygens (including phenoxy) is 2. The second-order valence-corrected chi connectivity index (χ2v) is 9.42. The fourth-order valence-corrected chi connectivity index (χ4v) is 4.35. The number of methoxy groups -OCH3 is 1. The molecule has 1 N–H and O–H groups in total. The van der Waals surface area contributed by atoms with Crippen molar-refractivity contribution < 1.29 is 32.4 Å². The minimum Gasteiger partial charge on any atom is -0.493 e. The van der Waals surface area contributed by atoms with E-state index in [0.717, 1.165) is 29.1 Å². The molecule has 0 bridgehead atoms. The van der Waals surface area contributed by atoms with Crippen molar-refractivity contribution in [1.82, 2.24) is 9.66 Å². The first-order chi connectivity index (χ1) is 21.5. The molecule has 0 aliphatic carbocycles. The summed E-state index contributed by atoms with van der Waals surface area (Å²) in [6.45, 7) is -0.571. The first-order valence-electron chi connectivity index (χ1n) is 13.1. The van der Waals surface area contributed by atoms with Crippen LogP contribution in [0.3, 0.4) is 0 Å². The normalized spacial score (nSPS) is 11.5. The molecule has 0 atom stereocenters. The SMILES string of the molecule is COc1cc(C=Nn2c(-c3cccc(C(F)(F)F)c3)nc3ccccc3c2=O)cc([N+](=O)[O-])c1OCC(=O)Nc1ccccc1. The Kier molecular flexibility index (Phi) is 8.56. The van der Waals surface area contributed by atoms with Gasteiger partial charge in [-0.2, -0.15) is 22.9 Å². The highest BCUT2D eigenvalue weighted by molar-refractivity contribution is 5.92. The van der Waals surface area contributed by atoms with E-state index in [0.29, 0.717) is 5.69 Å². The number of hydrogen-bond donors (Lipinski definition) is 1. The highest BCUT2D eigenvalue weighted by atomic mass is 19.4. The molecule has 5 rings (SSSR count). The number of nitrogens with one attached hydrogen (secondary N) is 1. The number of alkyl halides is 3. The zero-order valence-electron chi connectivity index (χ0n) is 23.3. The van der Waals surface area contributed by atoms with Crippen LogP contribution in [0.4, 0.5) is 24.5 Å². The minimum atomic E-state index is -4.65. The Labute approximate surface area is 252 Å². The van der Waals surface area contributed by atoms with Gasteiger partial charge in [-0.3, -0.25) is 19.7 Å². The third-order valence-electron chi connectivity index (χ3n) is 6.40. The highest BCUT2D eigenvalue weighted by Gasteiger charge is 2.31. The lowest BCUT2D eigenvalue weighted by molar-refractivity contribution is -0.385. The van der Waals surface area contributed by atoms with Gasteiger partial charge in [-0.15, -0.1) is 0 Å². The number of amides is 1. The fourth-order valence-electron chi connectivity index (χ4n) is 4.35. The third kappa shape index (κ3) is 6.80. The molecule has 4 aromatic carbocycles. The zero-order valence-corrected chi connectivity index (χ0v) is 23.3. The maximum atomic E-state index is 13.5. The molecular formula is C31H22F3N5O6. The van der Waals surface area contributed by atoms with E-state index in [2.05, 4.69) is 15.4 Å². The van der Waals surface area contributed by atoms with Crippen LogP contribution in [-0.2, 0) is 11.0 Å². The van der Waals surface area contributed by atoms with Crippen molar-refractivity contribution in [3.63, 3.8) is 0 Å². The molecule has 0 saturated carbocycles. The van der Waals surface area contributed by atoms with E-state index in [1.165, 1.54) is 37.4 Å². The number of carbonyl (C=O) groups excluding carboxylic acids is 1. The van der Waals surface area contributed by atoms with Crippen LogP contribution in [0.1, 0.15) is 11.1 Å². The predicted molar refractivity (Wildman–Crippen MR) is 160 cm³/mol. The van der Waals surface area contributed by atoms with Crippen LogP contribution in [0.25, 0.3) is 22.3 Å². The van der Waals surface area contributed by atoms with Crippen molar-refractivity contribution >= 4 is 34.4 Å². The fraction of sp³-hybridized carbons (Fsp3) is 0.0968. The lowest BCUT2D eigenvalue weighted by Crippen LogP contribution is -2.21. The van der Waals surface area contributed by atoms with E-state index in [1.807, 2.05) is 0 Å². The second kappa shape index (κ2) is 12.7. The highest BCUT2D eigenvalue weighted by Crippen LogP contribution is 2.38. The molecule has 11 nitrogen and oxygen atoms in total. The first kappa shape index (κ1) is 30.4. The molecule has 14 heteroatoms. The maximum absolute atomic E-state index is 13.5. The summed E-state index contributed by atoms with van der Waals surface area (Å²) in [7, 11) is 1.24. The minimum absolute atomic E-state index is 0.0362. The molecule has 0 aliphatic rings. The van der Waals surface area contributed by atoms with E-state index in [1.54, 1.807) is 42.5 Å². The van der Waals surface area contributed by atoms with Gasteiger partial charge in [-0.05, 0) is 42.5 Å². The van der Waals surface area contributed by atoms with Gasteiger partial charge in [0.05, 0.1) is 34.7 Å². The van der Waals surface area contributed by atoms with Crippen molar-refractivity contribution in [3.05, 3.63) is 123 Å². The Bertz CT molecular complexity index is 1990. The number of nitrogens with zero attached hydrogens (tertiary/aromatic N) is 4. The van der Waals surface area contributed by atoms with Gasteiger partial charge < -0.3 is 14.8 Å². The predicted octanol–water partition coefficient (Wildman–Crippen LogP) is 5.90. The molecular weight excluding hydrogens is 595 g/mol. The number of carbonyl (C=O) groups is 1. The lowest BCUT2D eigenvalue weighted by Gasteiger charge is -2.13. The molecule has 1 heterocycles. The summed E-state index contributed by atoms with van der Waals surface area (Å²) in [5.41, 5.74) is -1.43. The molecule has 0 aliphatic heterocycles. The molecule has 0 radical (unpaired) electrons. The van der Waals surface area contributed by atoms with E-state index in [-0.39, 0.29) is 39.4 Å². The molecule has 0 unspecified atom stereocenters. The summed E-state index contributed by atoms with van der Waals surface area (Å²) in [6.07, 6.45) is -3.56. The van der Waals surface area contributed by atoms with Crippen LogP contribution in [0.2, 0.25) is 0 Å². The standard InChI is InChI=1S/C31H22F3N5O6/c1-44-26-15-19(14-25(39(42)43)28(26)45-18-27(40)36-22-10-3-2-4-11-22)17-35-38-29(20-8-7-9-21(16-20)31(32,33)34)37-24-13-6-5-12-23(24)30(38)41/h2-17H,18H2,1H3,(H,36,40). The van der Waals surface area contributed by atoms with Gasteiger partial charge in [-0.25, -0.2) is 4.98 Å². The number of nitro groups is 1. The van der Waals surface area contributed by atoms with Crippen molar-refractivity contribution in [2.75, 3.05) is 19.0 Å². The molecule has 0 saturated heterocycles. The molecule has 0 fully saturated rings. The summed E-state index contributed by atoms with van der Waals surface area (Å²) in [5, 5.41) is 18.9. The number of fused-ring (bicyclic) bond motifs is 1. The largest absolute Gasteiger partial charge is 0.493 e. The van der Waals surface area contributed by atoms with Gasteiger partial charge >= 0.3 is 11.9 Å². The smallest absolute Gasteiger partial charge is 0.416 e. The topological polar surface area (TPSA) is 138 Å². The van der Waals surface area contributed by atoms with Gasteiger partial charge in [-0.1, -0.05) is 42.5 Å². The summed E-state index contributed by atoms with van der Waals surface area (Å²) in [5.74, 6) is -1.20. The number of anilines is 1. The van der Waals surface area contributed by atoms with Gasteiger partial charge in [0, 0.05) is 22.9 Å². The van der Waals surface area contributed by atoms with Gasteiger partial charge in [0.25, 0.3) is 11.5 Å². The summed E-state index contributed by atoms with van der Waals surface area (Å²) in [6, 6.07) is 21.4. The van der Waals surface area contributed by atoms with Crippen LogP contribution in [0.15, 0.2) is 101 Å². The van der Waals surface area contributed by atoms with E-state index >= 15 is 0 Å². The summed E-state index contributed by atoms with van der Waals surface area (Å²) < 4.78 is 52.0. The van der Waals surface area contributed by atoms with Gasteiger partial charge in [0.1, 0.15) is 0 Å². The molecule has 0 spiro atoms. The molecule has 45 heavy (non-hydrogen) atoms. The zero-order chi connectivity index (χ0) is 32.1. The number of aromatic nitrogens is 2. The van der Waals surface area contributed by atoms with Gasteiger partial charge in [0.15, 0.2) is 18.2 Å². The number of nitro benzene ring substituents is 1.